The molecule has 0 aromatic heterocycles. The number of alkyl halides is 3. The molecule has 176 valence electrons. The van der Waals surface area contributed by atoms with Gasteiger partial charge >= 0.3 is 15.6 Å². The van der Waals surface area contributed by atoms with E-state index in [1.807, 2.05) is 0 Å². The zero-order chi connectivity index (χ0) is 24.6. The second kappa shape index (κ2) is 11.7. The topological polar surface area (TPSA) is 54.4 Å². The van der Waals surface area contributed by atoms with Gasteiger partial charge in [-0.05, 0) is 48.1 Å². The number of hydrogen-bond donors (Lipinski definition) is 1. The van der Waals surface area contributed by atoms with E-state index in [0.29, 0.717) is 0 Å². The molecule has 4 aromatic carbocycles. The maximum Gasteiger partial charge on any atom is 0.522 e. The predicted molar refractivity (Wildman–Crippen MR) is 133 cm³/mol. The van der Waals surface area contributed by atoms with Gasteiger partial charge in [0.2, 0.25) is 0 Å². The Labute approximate surface area is 202 Å². The Hall–Kier alpha value is -2.64. The van der Waals surface area contributed by atoms with Gasteiger partial charge in [0.05, 0.1) is 0 Å². The van der Waals surface area contributed by atoms with E-state index in [2.05, 4.69) is 115 Å². The Bertz CT molecular complexity index is 1230. The molecule has 0 aliphatic carbocycles. The molecule has 34 heavy (non-hydrogen) atoms. The summed E-state index contributed by atoms with van der Waals surface area (Å²) in [4.78, 5) is 2.55. The zero-order valence-corrected chi connectivity index (χ0v) is 20.2. The minimum absolute atomic E-state index is 0.527. The first-order valence-corrected chi connectivity index (χ1v) is 13.5. The van der Waals surface area contributed by atoms with E-state index in [1.165, 1.54) is 25.7 Å². The minimum Gasteiger partial charge on any atom is -0.279 e. The fraction of sp³-hybridized carbons (Fsp3) is 0.0400. The van der Waals surface area contributed by atoms with Crippen LogP contribution in [0.25, 0.3) is 0 Å². The molecular weight excluding hydrogens is 500 g/mol. The summed E-state index contributed by atoms with van der Waals surface area (Å²) < 4.78 is 57.5. The zero-order valence-electron chi connectivity index (χ0n) is 17.6. The van der Waals surface area contributed by atoms with Crippen LogP contribution < -0.4 is 15.9 Å². The molecule has 0 fully saturated rings. The highest BCUT2D eigenvalue weighted by Gasteiger charge is 2.44. The normalized spacial score (nSPS) is 11.6. The van der Waals surface area contributed by atoms with E-state index in [1.54, 1.807) is 11.8 Å². The number of halogens is 3. The molecule has 9 heteroatoms. The van der Waals surface area contributed by atoms with Crippen LogP contribution in [0.1, 0.15) is 0 Å². The van der Waals surface area contributed by atoms with Gasteiger partial charge in [-0.25, -0.2) is 0 Å². The predicted octanol–water partition coefficient (Wildman–Crippen LogP) is 5.99. The number of rotatable bonds is 5. The number of hydrogen-bond acceptors (Lipinski definition) is 3. The summed E-state index contributed by atoms with van der Waals surface area (Å²) in [6.45, 7) is 0. The molecule has 0 radical (unpaired) electrons. The van der Waals surface area contributed by atoms with E-state index in [9.17, 15) is 13.2 Å². The van der Waals surface area contributed by atoms with Crippen molar-refractivity contribution in [2.24, 2.45) is 0 Å². The average molecular weight is 521 g/mol. The average Bonchev–Trinajstić information content (AvgIpc) is 2.82. The van der Waals surface area contributed by atoms with Crippen molar-refractivity contribution in [1.82, 2.24) is 0 Å². The highest BCUT2D eigenvalue weighted by atomic mass is 32.2. The van der Waals surface area contributed by atoms with E-state index < -0.39 is 23.5 Å². The van der Waals surface area contributed by atoms with Crippen molar-refractivity contribution in [3.8, 4) is 0 Å². The summed E-state index contributed by atoms with van der Waals surface area (Å²) in [5, 5.41) is 4.16. The van der Waals surface area contributed by atoms with E-state index in [0.717, 1.165) is 0 Å². The van der Waals surface area contributed by atoms with Crippen LogP contribution in [0.2, 0.25) is 0 Å². The van der Waals surface area contributed by atoms with Gasteiger partial charge < -0.3 is 0 Å². The molecule has 4 aromatic rings. The lowest BCUT2D eigenvalue weighted by molar-refractivity contribution is -0.0510. The van der Waals surface area contributed by atoms with Crippen LogP contribution in [0, 0.1) is 0 Å². The Kier molecular flexibility index (Phi) is 8.91. The van der Waals surface area contributed by atoms with Crippen LogP contribution in [0.5, 0.6) is 0 Å². The second-order valence-electron chi connectivity index (χ2n) is 6.84. The standard InChI is InChI=1S/C24H19PS.CHF3O3S/c1-4-10-20(11-5-1)25(21-12-6-2-7-13-21)22-16-18-24(19-17-22)26-23-14-8-3-9-15-23;2-1(3,4)8(5,6)7/h1-19H;(H,5,6,7). The molecule has 0 heterocycles. The maximum absolute atomic E-state index is 10.7. The van der Waals surface area contributed by atoms with Crippen LogP contribution >= 0.6 is 19.7 Å². The molecule has 1 N–H and O–H groups in total. The van der Waals surface area contributed by atoms with Crippen molar-refractivity contribution >= 4 is 45.7 Å². The molecular formula is C25H20F3O3PS2. The van der Waals surface area contributed by atoms with Crippen molar-refractivity contribution in [2.75, 3.05) is 0 Å². The van der Waals surface area contributed by atoms with Gasteiger partial charge in [0.15, 0.2) is 0 Å². The van der Waals surface area contributed by atoms with E-state index in [-0.39, 0.29) is 0 Å². The highest BCUT2D eigenvalue weighted by molar-refractivity contribution is 7.99. The lowest BCUT2D eigenvalue weighted by Crippen LogP contribution is -2.21. The third-order valence-corrected chi connectivity index (χ3v) is 8.44. The molecule has 0 amide bonds. The fourth-order valence-electron chi connectivity index (χ4n) is 2.89. The van der Waals surface area contributed by atoms with Crippen LogP contribution in [0.15, 0.2) is 125 Å². The van der Waals surface area contributed by atoms with Crippen molar-refractivity contribution in [3.63, 3.8) is 0 Å². The molecule has 0 atom stereocenters. The number of benzene rings is 4. The van der Waals surface area contributed by atoms with Crippen LogP contribution in [-0.4, -0.2) is 18.5 Å². The minimum atomic E-state index is -5.84. The van der Waals surface area contributed by atoms with Gasteiger partial charge in [-0.3, -0.25) is 4.55 Å². The maximum atomic E-state index is 10.7. The van der Waals surface area contributed by atoms with Crippen LogP contribution in [0.3, 0.4) is 0 Å². The summed E-state index contributed by atoms with van der Waals surface area (Å²) in [5.74, 6) is 0. The Morgan fingerprint density at radius 1 is 0.588 bits per heavy atom. The third-order valence-electron chi connectivity index (χ3n) is 4.40. The largest absolute Gasteiger partial charge is 0.522 e. The first-order valence-electron chi connectivity index (χ1n) is 9.92. The third kappa shape index (κ3) is 7.43. The summed E-state index contributed by atoms with van der Waals surface area (Å²) in [7, 11) is -6.37. The Morgan fingerprint density at radius 3 is 1.29 bits per heavy atom. The molecule has 0 saturated carbocycles. The molecule has 0 aliphatic rings. The molecule has 0 bridgehead atoms. The summed E-state index contributed by atoms with van der Waals surface area (Å²) >= 11 is 1.81. The summed E-state index contributed by atoms with van der Waals surface area (Å²) in [5.41, 5.74) is -5.53. The van der Waals surface area contributed by atoms with Gasteiger partial charge in [0.1, 0.15) is 0 Å². The van der Waals surface area contributed by atoms with Crippen molar-refractivity contribution in [3.05, 3.63) is 115 Å². The van der Waals surface area contributed by atoms with Gasteiger partial charge in [0.25, 0.3) is 0 Å². The first kappa shape index (κ1) is 26.0. The Morgan fingerprint density at radius 2 is 0.912 bits per heavy atom. The van der Waals surface area contributed by atoms with Gasteiger partial charge in [0, 0.05) is 9.79 Å². The quantitative estimate of drug-likeness (QED) is 0.200. The molecule has 0 aliphatic heterocycles. The SMILES string of the molecule is O=S(=O)(O)C(F)(F)F.c1ccc(Sc2ccc(P(c3ccccc3)c3ccccc3)cc2)cc1. The fourth-order valence-corrected chi connectivity index (χ4v) is 6.01. The van der Waals surface area contributed by atoms with Crippen LogP contribution in [-0.2, 0) is 10.1 Å². The Balaban J connectivity index is 0.000000350. The molecule has 0 unspecified atom stereocenters. The smallest absolute Gasteiger partial charge is 0.279 e. The monoisotopic (exact) mass is 520 g/mol. The molecule has 4 rings (SSSR count). The lowest BCUT2D eigenvalue weighted by atomic mass is 10.3. The van der Waals surface area contributed by atoms with E-state index in [4.69, 9.17) is 13.0 Å². The summed E-state index contributed by atoms with van der Waals surface area (Å²) in [6.07, 6.45) is 0. The van der Waals surface area contributed by atoms with Gasteiger partial charge in [-0.2, -0.15) is 21.6 Å². The lowest BCUT2D eigenvalue weighted by Gasteiger charge is -2.19. The summed E-state index contributed by atoms with van der Waals surface area (Å²) in [6, 6.07) is 41.3. The van der Waals surface area contributed by atoms with Crippen molar-refractivity contribution in [1.29, 1.82) is 0 Å². The van der Waals surface area contributed by atoms with Gasteiger partial charge in [-0.15, -0.1) is 0 Å². The first-order chi connectivity index (χ1) is 16.1. The van der Waals surface area contributed by atoms with Crippen molar-refractivity contribution in [2.45, 2.75) is 15.3 Å². The molecule has 0 saturated heterocycles. The second-order valence-corrected chi connectivity index (χ2v) is 11.6. The highest BCUT2D eigenvalue weighted by Crippen LogP contribution is 2.34. The molecule has 3 nitrogen and oxygen atoms in total. The van der Waals surface area contributed by atoms with Crippen molar-refractivity contribution < 1.29 is 26.1 Å². The van der Waals surface area contributed by atoms with Gasteiger partial charge in [-0.1, -0.05) is 103 Å². The molecule has 0 spiro atoms. The van der Waals surface area contributed by atoms with E-state index >= 15 is 0 Å². The van der Waals surface area contributed by atoms with Crippen LogP contribution in [0.4, 0.5) is 13.2 Å².